The number of anilines is 1. The molecule has 0 unspecified atom stereocenters. The van der Waals surface area contributed by atoms with E-state index in [2.05, 4.69) is 29.0 Å². The van der Waals surface area contributed by atoms with Crippen LogP contribution in [-0.2, 0) is 16.8 Å². The molecule has 0 amide bonds. The average molecular weight is 303 g/mol. The SMILES string of the molecule is CCn1cc(NS(=O)(=O)N(C)CCCNC(C)C)cn1. The summed E-state index contributed by atoms with van der Waals surface area (Å²) in [5.41, 5.74) is 0.485. The molecule has 0 bridgehead atoms. The summed E-state index contributed by atoms with van der Waals surface area (Å²) >= 11 is 0. The molecule has 1 heterocycles. The average Bonchev–Trinajstić information content (AvgIpc) is 2.80. The summed E-state index contributed by atoms with van der Waals surface area (Å²) in [4.78, 5) is 0. The molecule has 0 fully saturated rings. The summed E-state index contributed by atoms with van der Waals surface area (Å²) in [6.07, 6.45) is 3.95. The van der Waals surface area contributed by atoms with Crippen LogP contribution in [-0.4, -0.2) is 48.7 Å². The first-order valence-corrected chi connectivity index (χ1v) is 8.29. The first kappa shape index (κ1) is 16.9. The molecule has 7 nitrogen and oxygen atoms in total. The van der Waals surface area contributed by atoms with Crippen molar-refractivity contribution in [3.8, 4) is 0 Å². The van der Waals surface area contributed by atoms with Crippen molar-refractivity contribution in [3.05, 3.63) is 12.4 Å². The van der Waals surface area contributed by atoms with Crippen LogP contribution in [0.1, 0.15) is 27.2 Å². The molecular formula is C12H25N5O2S. The van der Waals surface area contributed by atoms with Gasteiger partial charge in [0.1, 0.15) is 0 Å². The monoisotopic (exact) mass is 303 g/mol. The maximum Gasteiger partial charge on any atom is 0.301 e. The Hall–Kier alpha value is -1.12. The Labute approximate surface area is 121 Å². The van der Waals surface area contributed by atoms with Gasteiger partial charge in [0.25, 0.3) is 0 Å². The molecule has 0 radical (unpaired) electrons. The van der Waals surface area contributed by atoms with E-state index in [1.54, 1.807) is 17.9 Å². The lowest BCUT2D eigenvalue weighted by Gasteiger charge is -2.18. The lowest BCUT2D eigenvalue weighted by atomic mass is 10.3. The van der Waals surface area contributed by atoms with E-state index in [0.717, 1.165) is 13.0 Å². The summed E-state index contributed by atoms with van der Waals surface area (Å²) in [6.45, 7) is 8.04. The van der Waals surface area contributed by atoms with Gasteiger partial charge < -0.3 is 5.32 Å². The van der Waals surface area contributed by atoms with Gasteiger partial charge in [-0.05, 0) is 19.9 Å². The van der Waals surface area contributed by atoms with Crippen LogP contribution in [0.4, 0.5) is 5.69 Å². The zero-order valence-corrected chi connectivity index (χ0v) is 13.4. The van der Waals surface area contributed by atoms with E-state index in [1.165, 1.54) is 10.5 Å². The number of hydrogen-bond donors (Lipinski definition) is 2. The maximum absolute atomic E-state index is 12.1. The Morgan fingerprint density at radius 1 is 1.45 bits per heavy atom. The van der Waals surface area contributed by atoms with E-state index >= 15 is 0 Å². The topological polar surface area (TPSA) is 79.3 Å². The summed E-state index contributed by atoms with van der Waals surface area (Å²) in [7, 11) is -1.94. The highest BCUT2D eigenvalue weighted by Crippen LogP contribution is 2.09. The Morgan fingerprint density at radius 2 is 2.15 bits per heavy atom. The van der Waals surface area contributed by atoms with Gasteiger partial charge in [0.15, 0.2) is 0 Å². The Kier molecular flexibility index (Phi) is 6.44. The van der Waals surface area contributed by atoms with Crippen molar-refractivity contribution < 1.29 is 8.42 Å². The molecule has 0 aliphatic carbocycles. The smallest absolute Gasteiger partial charge is 0.301 e. The minimum absolute atomic E-state index is 0.412. The van der Waals surface area contributed by atoms with Crippen LogP contribution < -0.4 is 10.0 Å². The molecule has 0 aliphatic heterocycles. The number of hydrogen-bond acceptors (Lipinski definition) is 4. The third kappa shape index (κ3) is 5.48. The first-order chi connectivity index (χ1) is 9.35. The van der Waals surface area contributed by atoms with Gasteiger partial charge in [-0.15, -0.1) is 0 Å². The highest BCUT2D eigenvalue weighted by molar-refractivity contribution is 7.90. The second-order valence-electron chi connectivity index (χ2n) is 4.98. The van der Waals surface area contributed by atoms with Gasteiger partial charge in [0.2, 0.25) is 0 Å². The zero-order chi connectivity index (χ0) is 15.2. The van der Waals surface area contributed by atoms with Crippen LogP contribution in [0.3, 0.4) is 0 Å². The molecule has 2 N–H and O–H groups in total. The molecule has 0 aliphatic rings. The number of nitrogens with one attached hydrogen (secondary N) is 2. The van der Waals surface area contributed by atoms with Crippen LogP contribution in [0.2, 0.25) is 0 Å². The van der Waals surface area contributed by atoms with Gasteiger partial charge in [0.05, 0.1) is 11.9 Å². The van der Waals surface area contributed by atoms with Crippen molar-refractivity contribution >= 4 is 15.9 Å². The highest BCUT2D eigenvalue weighted by Gasteiger charge is 2.17. The highest BCUT2D eigenvalue weighted by atomic mass is 32.2. The quantitative estimate of drug-likeness (QED) is 0.664. The third-order valence-electron chi connectivity index (χ3n) is 2.82. The van der Waals surface area contributed by atoms with E-state index in [-0.39, 0.29) is 0 Å². The van der Waals surface area contributed by atoms with Gasteiger partial charge in [-0.3, -0.25) is 9.40 Å². The predicted molar refractivity (Wildman–Crippen MR) is 80.8 cm³/mol. The lowest BCUT2D eigenvalue weighted by molar-refractivity contribution is 0.451. The molecule has 0 aromatic carbocycles. The van der Waals surface area contributed by atoms with Crippen LogP contribution in [0, 0.1) is 0 Å². The van der Waals surface area contributed by atoms with Gasteiger partial charge >= 0.3 is 10.2 Å². The van der Waals surface area contributed by atoms with Gasteiger partial charge in [-0.2, -0.15) is 17.8 Å². The van der Waals surface area contributed by atoms with E-state index in [1.807, 2.05) is 6.92 Å². The fourth-order valence-corrected chi connectivity index (χ4v) is 2.56. The summed E-state index contributed by atoms with van der Waals surface area (Å²) < 4.78 is 29.7. The second-order valence-corrected chi connectivity index (χ2v) is 6.75. The predicted octanol–water partition coefficient (Wildman–Crippen LogP) is 0.880. The first-order valence-electron chi connectivity index (χ1n) is 6.85. The van der Waals surface area contributed by atoms with Gasteiger partial charge in [-0.25, -0.2) is 0 Å². The number of aromatic nitrogens is 2. The molecule has 1 rings (SSSR count). The maximum atomic E-state index is 12.1. The Bertz CT molecular complexity index is 498. The molecule has 8 heteroatoms. The number of rotatable bonds is 9. The number of nitrogens with zero attached hydrogens (tertiary/aromatic N) is 3. The summed E-state index contributed by atoms with van der Waals surface area (Å²) in [5, 5.41) is 7.29. The molecule has 0 saturated carbocycles. The van der Waals surface area contributed by atoms with Crippen LogP contribution in [0.5, 0.6) is 0 Å². The van der Waals surface area contributed by atoms with Crippen molar-refractivity contribution in [2.24, 2.45) is 0 Å². The molecule has 0 atom stereocenters. The van der Waals surface area contributed by atoms with Crippen molar-refractivity contribution in [1.29, 1.82) is 0 Å². The molecule has 20 heavy (non-hydrogen) atoms. The van der Waals surface area contributed by atoms with Crippen molar-refractivity contribution in [2.75, 3.05) is 24.9 Å². The second kappa shape index (κ2) is 7.61. The van der Waals surface area contributed by atoms with E-state index < -0.39 is 10.2 Å². The fraction of sp³-hybridized carbons (Fsp3) is 0.750. The Morgan fingerprint density at radius 3 is 2.70 bits per heavy atom. The number of aryl methyl sites for hydroxylation is 1. The lowest BCUT2D eigenvalue weighted by Crippen LogP contribution is -2.35. The van der Waals surface area contributed by atoms with E-state index in [9.17, 15) is 8.42 Å². The molecule has 0 saturated heterocycles. The van der Waals surface area contributed by atoms with Gasteiger partial charge in [-0.1, -0.05) is 13.8 Å². The summed E-state index contributed by atoms with van der Waals surface area (Å²) in [5.74, 6) is 0. The standard InChI is InChI=1S/C12H25N5O2S/c1-5-17-10-12(9-14-17)15-20(18,19)16(4)8-6-7-13-11(2)3/h9-11,13,15H,5-8H2,1-4H3. The summed E-state index contributed by atoms with van der Waals surface area (Å²) in [6, 6.07) is 0.412. The minimum Gasteiger partial charge on any atom is -0.314 e. The largest absolute Gasteiger partial charge is 0.314 e. The Balaban J connectivity index is 2.46. The van der Waals surface area contributed by atoms with Crippen LogP contribution in [0.15, 0.2) is 12.4 Å². The van der Waals surface area contributed by atoms with E-state index in [4.69, 9.17) is 0 Å². The van der Waals surface area contributed by atoms with Crippen LogP contribution >= 0.6 is 0 Å². The minimum atomic E-state index is -3.51. The molecule has 1 aromatic heterocycles. The molecule has 1 aromatic rings. The van der Waals surface area contributed by atoms with E-state index in [0.29, 0.717) is 24.8 Å². The van der Waals surface area contributed by atoms with Crippen molar-refractivity contribution in [3.63, 3.8) is 0 Å². The van der Waals surface area contributed by atoms with Gasteiger partial charge in [0, 0.05) is 32.4 Å². The van der Waals surface area contributed by atoms with Crippen molar-refractivity contribution in [2.45, 2.75) is 39.8 Å². The molecular weight excluding hydrogens is 278 g/mol. The van der Waals surface area contributed by atoms with Crippen molar-refractivity contribution in [1.82, 2.24) is 19.4 Å². The zero-order valence-electron chi connectivity index (χ0n) is 12.6. The molecule has 116 valence electrons. The normalized spacial score (nSPS) is 12.3. The van der Waals surface area contributed by atoms with Crippen LogP contribution in [0.25, 0.3) is 0 Å². The third-order valence-corrected chi connectivity index (χ3v) is 4.31. The molecule has 0 spiro atoms. The fourth-order valence-electron chi connectivity index (χ4n) is 1.63.